The van der Waals surface area contributed by atoms with E-state index in [0.29, 0.717) is 11.5 Å². The first-order valence-corrected chi connectivity index (χ1v) is 8.19. The minimum Gasteiger partial charge on any atom is -0.437 e. The zero-order valence-electron chi connectivity index (χ0n) is 14.6. The van der Waals surface area contributed by atoms with Crippen molar-refractivity contribution in [1.29, 1.82) is 0 Å². The maximum Gasteiger partial charge on any atom is 0.249 e. The Morgan fingerprint density at radius 2 is 1.44 bits per heavy atom. The molecule has 0 saturated carbocycles. The van der Waals surface area contributed by atoms with Crippen molar-refractivity contribution in [3.63, 3.8) is 0 Å². The Bertz CT molecular complexity index is 877. The van der Waals surface area contributed by atoms with Gasteiger partial charge in [-0.05, 0) is 61.2 Å². The van der Waals surface area contributed by atoms with Gasteiger partial charge in [0.2, 0.25) is 11.8 Å². The molecule has 0 fully saturated rings. The molecule has 3 rings (SSSR count). The molecule has 0 bridgehead atoms. The Hall–Kier alpha value is -3.08. The molecule has 0 unspecified atom stereocenters. The van der Waals surface area contributed by atoms with E-state index >= 15 is 0 Å². The molecule has 0 aliphatic carbocycles. The summed E-state index contributed by atoms with van der Waals surface area (Å²) >= 11 is 0. The third-order valence-electron chi connectivity index (χ3n) is 4.05. The molecule has 3 aromatic rings. The molecule has 0 amide bonds. The summed E-state index contributed by atoms with van der Waals surface area (Å²) in [5.41, 5.74) is 9.96. The van der Waals surface area contributed by atoms with Crippen LogP contribution in [-0.4, -0.2) is 9.97 Å². The first kappa shape index (κ1) is 16.8. The number of hydrogen-bond acceptors (Lipinski definition) is 5. The van der Waals surface area contributed by atoms with Crippen molar-refractivity contribution in [3.05, 3.63) is 65.5 Å². The van der Waals surface area contributed by atoms with Gasteiger partial charge in [0.1, 0.15) is 17.8 Å². The number of ether oxygens (including phenoxy) is 2. The summed E-state index contributed by atoms with van der Waals surface area (Å²) in [5, 5.41) is 0. The molecule has 2 aromatic carbocycles. The number of anilines is 1. The Balaban J connectivity index is 1.82. The minimum atomic E-state index is 0.264. The fourth-order valence-electron chi connectivity index (χ4n) is 2.32. The number of aryl methyl sites for hydroxylation is 3. The summed E-state index contributed by atoms with van der Waals surface area (Å²) in [6.07, 6.45) is 2.35. The topological polar surface area (TPSA) is 70.3 Å². The molecule has 128 valence electrons. The predicted octanol–water partition coefficient (Wildman–Crippen LogP) is 4.82. The lowest BCUT2D eigenvalue weighted by atomic mass is 10.1. The minimum absolute atomic E-state index is 0.264. The molecule has 0 saturated heterocycles. The van der Waals surface area contributed by atoms with Gasteiger partial charge in [0.15, 0.2) is 5.69 Å². The van der Waals surface area contributed by atoms with Crippen molar-refractivity contribution in [2.75, 3.05) is 5.73 Å². The lowest BCUT2D eigenvalue weighted by molar-refractivity contribution is 0.438. The zero-order chi connectivity index (χ0) is 17.8. The van der Waals surface area contributed by atoms with Gasteiger partial charge in [-0.3, -0.25) is 0 Å². The Kier molecular flexibility index (Phi) is 4.84. The van der Waals surface area contributed by atoms with E-state index in [4.69, 9.17) is 15.2 Å². The van der Waals surface area contributed by atoms with Crippen molar-refractivity contribution in [2.24, 2.45) is 0 Å². The smallest absolute Gasteiger partial charge is 0.249 e. The van der Waals surface area contributed by atoms with Gasteiger partial charge in [0.25, 0.3) is 0 Å². The van der Waals surface area contributed by atoms with Crippen LogP contribution in [0, 0.1) is 13.8 Å². The van der Waals surface area contributed by atoms with E-state index in [1.807, 2.05) is 56.3 Å². The van der Waals surface area contributed by atoms with Gasteiger partial charge in [-0.2, -0.15) is 9.97 Å². The molecule has 5 heteroatoms. The van der Waals surface area contributed by atoms with Crippen LogP contribution < -0.4 is 15.2 Å². The number of nitrogen functional groups attached to an aromatic ring is 1. The van der Waals surface area contributed by atoms with Crippen LogP contribution in [0.2, 0.25) is 0 Å². The van der Waals surface area contributed by atoms with Crippen LogP contribution in [0.3, 0.4) is 0 Å². The van der Waals surface area contributed by atoms with E-state index in [9.17, 15) is 0 Å². The Morgan fingerprint density at radius 3 is 2.04 bits per heavy atom. The number of nitrogens with two attached hydrogens (primary N) is 1. The quantitative estimate of drug-likeness (QED) is 0.723. The lowest BCUT2D eigenvalue weighted by Gasteiger charge is -2.12. The molecule has 0 aliphatic rings. The molecular weight excluding hydrogens is 314 g/mol. The fraction of sp³-hybridized carbons (Fsp3) is 0.200. The molecule has 0 spiro atoms. The molecule has 0 aliphatic heterocycles. The van der Waals surface area contributed by atoms with Gasteiger partial charge >= 0.3 is 0 Å². The molecular formula is C20H21N3O2. The molecule has 0 radical (unpaired) electrons. The number of aromatic nitrogens is 2. The van der Waals surface area contributed by atoms with Crippen LogP contribution >= 0.6 is 0 Å². The summed E-state index contributed by atoms with van der Waals surface area (Å²) < 4.78 is 11.6. The number of rotatable bonds is 5. The number of nitrogens with zero attached hydrogens (tertiary/aromatic N) is 2. The van der Waals surface area contributed by atoms with Gasteiger partial charge in [0, 0.05) is 0 Å². The standard InChI is InChI=1S/C20H21N3O2/c1-4-15-6-9-16(10-7-15)24-19-18(21)20(23-12-22-19)25-17-8-5-13(2)14(3)11-17/h5-12H,4,21H2,1-3H3. The van der Waals surface area contributed by atoms with E-state index in [-0.39, 0.29) is 17.4 Å². The van der Waals surface area contributed by atoms with Gasteiger partial charge < -0.3 is 15.2 Å². The molecule has 1 heterocycles. The van der Waals surface area contributed by atoms with Crippen molar-refractivity contribution in [3.8, 4) is 23.3 Å². The fourth-order valence-corrected chi connectivity index (χ4v) is 2.32. The van der Waals surface area contributed by atoms with E-state index < -0.39 is 0 Å². The van der Waals surface area contributed by atoms with Crippen molar-refractivity contribution in [2.45, 2.75) is 27.2 Å². The van der Waals surface area contributed by atoms with Crippen LogP contribution in [0.4, 0.5) is 5.69 Å². The van der Waals surface area contributed by atoms with Crippen molar-refractivity contribution >= 4 is 5.69 Å². The average Bonchev–Trinajstić information content (AvgIpc) is 2.62. The Labute approximate surface area is 147 Å². The second-order valence-electron chi connectivity index (χ2n) is 5.85. The third-order valence-corrected chi connectivity index (χ3v) is 4.05. The van der Waals surface area contributed by atoms with Gasteiger partial charge in [-0.1, -0.05) is 25.1 Å². The van der Waals surface area contributed by atoms with E-state index in [1.54, 1.807) is 0 Å². The van der Waals surface area contributed by atoms with E-state index in [1.165, 1.54) is 17.5 Å². The van der Waals surface area contributed by atoms with Crippen LogP contribution in [0.25, 0.3) is 0 Å². The van der Waals surface area contributed by atoms with Crippen molar-refractivity contribution in [1.82, 2.24) is 9.97 Å². The molecule has 5 nitrogen and oxygen atoms in total. The predicted molar refractivity (Wildman–Crippen MR) is 98.3 cm³/mol. The summed E-state index contributed by atoms with van der Waals surface area (Å²) in [4.78, 5) is 8.23. The highest BCUT2D eigenvalue weighted by Crippen LogP contribution is 2.33. The van der Waals surface area contributed by atoms with Gasteiger partial charge in [-0.25, -0.2) is 0 Å². The number of hydrogen-bond donors (Lipinski definition) is 1. The first-order valence-electron chi connectivity index (χ1n) is 8.19. The summed E-state index contributed by atoms with van der Waals surface area (Å²) in [6, 6.07) is 13.6. The highest BCUT2D eigenvalue weighted by Gasteiger charge is 2.13. The maximum absolute atomic E-state index is 6.13. The first-order chi connectivity index (χ1) is 12.1. The summed E-state index contributed by atoms with van der Waals surface area (Å²) in [7, 11) is 0. The molecule has 1 aromatic heterocycles. The van der Waals surface area contributed by atoms with E-state index in [0.717, 1.165) is 12.0 Å². The van der Waals surface area contributed by atoms with Crippen LogP contribution in [0.15, 0.2) is 48.8 Å². The molecule has 0 atom stereocenters. The SMILES string of the molecule is CCc1ccc(Oc2ncnc(Oc3ccc(C)c(C)c3)c2N)cc1. The van der Waals surface area contributed by atoms with Gasteiger partial charge in [-0.15, -0.1) is 0 Å². The normalized spacial score (nSPS) is 10.5. The second-order valence-corrected chi connectivity index (χ2v) is 5.85. The van der Waals surface area contributed by atoms with Gasteiger partial charge in [0.05, 0.1) is 0 Å². The largest absolute Gasteiger partial charge is 0.437 e. The second kappa shape index (κ2) is 7.21. The summed E-state index contributed by atoms with van der Waals surface area (Å²) in [6.45, 7) is 6.18. The number of benzene rings is 2. The molecule has 25 heavy (non-hydrogen) atoms. The van der Waals surface area contributed by atoms with Crippen molar-refractivity contribution < 1.29 is 9.47 Å². The third kappa shape index (κ3) is 3.88. The maximum atomic E-state index is 6.13. The average molecular weight is 335 g/mol. The molecule has 2 N–H and O–H groups in total. The lowest BCUT2D eigenvalue weighted by Crippen LogP contribution is -2.00. The van der Waals surface area contributed by atoms with E-state index in [2.05, 4.69) is 16.9 Å². The van der Waals surface area contributed by atoms with Crippen LogP contribution in [0.1, 0.15) is 23.6 Å². The Morgan fingerprint density at radius 1 is 0.840 bits per heavy atom. The van der Waals surface area contributed by atoms with Crippen LogP contribution in [0.5, 0.6) is 23.3 Å². The monoisotopic (exact) mass is 335 g/mol. The van der Waals surface area contributed by atoms with Crippen LogP contribution in [-0.2, 0) is 6.42 Å². The zero-order valence-corrected chi connectivity index (χ0v) is 14.6. The highest BCUT2D eigenvalue weighted by atomic mass is 16.5. The summed E-state index contributed by atoms with van der Waals surface area (Å²) in [5.74, 6) is 1.89. The highest BCUT2D eigenvalue weighted by molar-refractivity contribution is 5.58.